The number of ether oxygens (including phenoxy) is 1. The second kappa shape index (κ2) is 4.37. The van der Waals surface area contributed by atoms with Crippen LogP contribution in [-0.4, -0.2) is 30.2 Å². The Hall–Kier alpha value is -1.16. The second-order valence-electron chi connectivity index (χ2n) is 4.14. The van der Waals surface area contributed by atoms with Gasteiger partial charge in [0.15, 0.2) is 0 Å². The molecule has 88 valence electrons. The molecule has 1 aromatic rings. The first-order valence-corrected chi connectivity index (χ1v) is 7.53. The van der Waals surface area contributed by atoms with E-state index in [1.165, 1.54) is 0 Å². The summed E-state index contributed by atoms with van der Waals surface area (Å²) >= 11 is 0. The van der Waals surface area contributed by atoms with E-state index in [0.29, 0.717) is 5.56 Å². The predicted octanol–water partition coefficient (Wildman–Crippen LogP) is 2.33. The third-order valence-electron chi connectivity index (χ3n) is 2.71. The van der Waals surface area contributed by atoms with Crippen LogP contribution in [-0.2, 0) is 6.42 Å². The van der Waals surface area contributed by atoms with Crippen LogP contribution in [0.3, 0.4) is 0 Å². The molecule has 4 heteroatoms. The van der Waals surface area contributed by atoms with Crippen molar-refractivity contribution in [1.29, 1.82) is 0 Å². The van der Waals surface area contributed by atoms with Gasteiger partial charge in [0.2, 0.25) is 0 Å². The normalized spacial score (nSPS) is 15.0. The number of carboxylic acids is 1. The zero-order valence-electron chi connectivity index (χ0n) is 9.49. The third kappa shape index (κ3) is 2.02. The van der Waals surface area contributed by atoms with Gasteiger partial charge in [-0.1, -0.05) is 0 Å². The lowest BCUT2D eigenvalue weighted by atomic mass is 10.0. The standard InChI is InChI=1S/C12H16O3S/c1-16(2)10-7-9(12(13)14)6-8-4-3-5-15-11(8)10/h6-7,16H,3-5H2,1-2H3,(H,13,14). The molecule has 0 aliphatic carbocycles. The second-order valence-corrected chi connectivity index (χ2v) is 6.41. The average molecular weight is 240 g/mol. The first-order chi connectivity index (χ1) is 7.59. The van der Waals surface area contributed by atoms with Crippen LogP contribution in [0.1, 0.15) is 22.3 Å². The minimum Gasteiger partial charge on any atom is -0.492 e. The van der Waals surface area contributed by atoms with Crippen LogP contribution in [0.4, 0.5) is 0 Å². The van der Waals surface area contributed by atoms with Gasteiger partial charge in [0.1, 0.15) is 5.75 Å². The monoisotopic (exact) mass is 240 g/mol. The van der Waals surface area contributed by atoms with Gasteiger partial charge in [0, 0.05) is 4.90 Å². The molecule has 1 aliphatic heterocycles. The lowest BCUT2D eigenvalue weighted by Crippen LogP contribution is -2.11. The fourth-order valence-electron chi connectivity index (χ4n) is 1.92. The Morgan fingerprint density at radius 3 is 2.81 bits per heavy atom. The summed E-state index contributed by atoms with van der Waals surface area (Å²) in [7, 11) is -0.340. The Kier molecular flexibility index (Phi) is 3.10. The molecule has 0 fully saturated rings. The van der Waals surface area contributed by atoms with E-state index in [9.17, 15) is 4.79 Å². The Morgan fingerprint density at radius 2 is 2.19 bits per heavy atom. The molecule has 1 aliphatic rings. The van der Waals surface area contributed by atoms with Crippen molar-refractivity contribution in [3.8, 4) is 5.75 Å². The minimum atomic E-state index is -0.855. The molecule has 16 heavy (non-hydrogen) atoms. The molecule has 0 saturated carbocycles. The SMILES string of the molecule is C[SH](C)c1cc(C(=O)O)cc2c1OCCC2. The summed E-state index contributed by atoms with van der Waals surface area (Å²) in [4.78, 5) is 12.1. The predicted molar refractivity (Wildman–Crippen MR) is 66.3 cm³/mol. The average Bonchev–Trinajstić information content (AvgIpc) is 2.27. The van der Waals surface area contributed by atoms with Gasteiger partial charge in [-0.3, -0.25) is 0 Å². The lowest BCUT2D eigenvalue weighted by molar-refractivity contribution is 0.0696. The molecule has 1 heterocycles. The van der Waals surface area contributed by atoms with E-state index in [1.54, 1.807) is 12.1 Å². The van der Waals surface area contributed by atoms with Gasteiger partial charge in [-0.2, -0.15) is 0 Å². The van der Waals surface area contributed by atoms with Crippen LogP contribution in [0.15, 0.2) is 17.0 Å². The van der Waals surface area contributed by atoms with Crippen molar-refractivity contribution in [2.75, 3.05) is 19.1 Å². The number of hydrogen-bond donors (Lipinski definition) is 2. The molecule has 0 aromatic heterocycles. The van der Waals surface area contributed by atoms with E-state index in [-0.39, 0.29) is 10.9 Å². The molecule has 0 unspecified atom stereocenters. The minimum absolute atomic E-state index is 0.340. The Morgan fingerprint density at radius 1 is 1.44 bits per heavy atom. The summed E-state index contributed by atoms with van der Waals surface area (Å²) in [5.74, 6) is 0.0823. The van der Waals surface area contributed by atoms with E-state index in [4.69, 9.17) is 9.84 Å². The molecule has 0 bridgehead atoms. The molecule has 2 rings (SSSR count). The molecular weight excluding hydrogens is 224 g/mol. The lowest BCUT2D eigenvalue weighted by Gasteiger charge is -2.23. The number of rotatable bonds is 2. The molecule has 0 amide bonds. The van der Waals surface area contributed by atoms with Crippen molar-refractivity contribution in [2.45, 2.75) is 17.7 Å². The molecule has 3 nitrogen and oxygen atoms in total. The van der Waals surface area contributed by atoms with Crippen LogP contribution >= 0.6 is 10.9 Å². The molecule has 0 atom stereocenters. The topological polar surface area (TPSA) is 46.5 Å². The summed E-state index contributed by atoms with van der Waals surface area (Å²) in [5.41, 5.74) is 1.44. The molecule has 1 aromatic carbocycles. The first-order valence-electron chi connectivity index (χ1n) is 5.30. The van der Waals surface area contributed by atoms with E-state index in [0.717, 1.165) is 35.7 Å². The largest absolute Gasteiger partial charge is 0.492 e. The van der Waals surface area contributed by atoms with Crippen LogP contribution in [0.2, 0.25) is 0 Å². The summed E-state index contributed by atoms with van der Waals surface area (Å²) in [6, 6.07) is 3.51. The summed E-state index contributed by atoms with van der Waals surface area (Å²) in [5, 5.41) is 9.06. The molecular formula is C12H16O3S. The van der Waals surface area contributed by atoms with Gasteiger partial charge in [-0.25, -0.2) is 15.7 Å². The maximum absolute atomic E-state index is 11.0. The molecule has 0 radical (unpaired) electrons. The number of carbonyl (C=O) groups is 1. The van der Waals surface area contributed by atoms with Crippen molar-refractivity contribution in [2.24, 2.45) is 0 Å². The van der Waals surface area contributed by atoms with Crippen LogP contribution in [0.25, 0.3) is 0 Å². The van der Waals surface area contributed by atoms with Gasteiger partial charge in [0.05, 0.1) is 12.2 Å². The van der Waals surface area contributed by atoms with E-state index in [1.807, 2.05) is 0 Å². The molecule has 0 saturated heterocycles. The number of carboxylic acid groups (broad SMARTS) is 1. The summed E-state index contributed by atoms with van der Waals surface area (Å²) < 4.78 is 5.67. The molecule has 0 spiro atoms. The fourth-order valence-corrected chi connectivity index (χ4v) is 2.93. The quantitative estimate of drug-likeness (QED) is 0.780. The van der Waals surface area contributed by atoms with Gasteiger partial charge in [-0.05, 0) is 43.0 Å². The van der Waals surface area contributed by atoms with Crippen molar-refractivity contribution >= 4 is 16.9 Å². The zero-order chi connectivity index (χ0) is 11.7. The number of hydrogen-bond acceptors (Lipinski definition) is 2. The van der Waals surface area contributed by atoms with Gasteiger partial charge in [-0.15, -0.1) is 0 Å². The maximum Gasteiger partial charge on any atom is 0.335 e. The third-order valence-corrected chi connectivity index (χ3v) is 4.01. The van der Waals surface area contributed by atoms with Gasteiger partial charge >= 0.3 is 5.97 Å². The Labute approximate surface area is 97.8 Å². The first kappa shape index (κ1) is 11.3. The Balaban J connectivity index is 2.56. The fraction of sp³-hybridized carbons (Fsp3) is 0.417. The number of benzene rings is 1. The van der Waals surface area contributed by atoms with Crippen molar-refractivity contribution < 1.29 is 14.6 Å². The number of fused-ring (bicyclic) bond motifs is 1. The van der Waals surface area contributed by atoms with E-state index < -0.39 is 5.97 Å². The van der Waals surface area contributed by atoms with E-state index in [2.05, 4.69) is 12.5 Å². The number of aromatic carboxylic acids is 1. The highest BCUT2D eigenvalue weighted by molar-refractivity contribution is 8.16. The molecule has 1 N–H and O–H groups in total. The highest BCUT2D eigenvalue weighted by Crippen LogP contribution is 2.41. The van der Waals surface area contributed by atoms with Crippen LogP contribution in [0, 0.1) is 0 Å². The number of aryl methyl sites for hydroxylation is 1. The highest BCUT2D eigenvalue weighted by Gasteiger charge is 2.19. The zero-order valence-corrected chi connectivity index (χ0v) is 10.4. The Bertz CT molecular complexity index is 427. The van der Waals surface area contributed by atoms with Crippen molar-refractivity contribution in [3.63, 3.8) is 0 Å². The van der Waals surface area contributed by atoms with Crippen LogP contribution in [0.5, 0.6) is 5.75 Å². The maximum atomic E-state index is 11.0. The van der Waals surface area contributed by atoms with Crippen LogP contribution < -0.4 is 4.74 Å². The van der Waals surface area contributed by atoms with Crippen molar-refractivity contribution in [1.82, 2.24) is 0 Å². The van der Waals surface area contributed by atoms with Gasteiger partial charge in [0.25, 0.3) is 0 Å². The van der Waals surface area contributed by atoms with Crippen molar-refractivity contribution in [3.05, 3.63) is 23.3 Å². The highest BCUT2D eigenvalue weighted by atomic mass is 32.2. The smallest absolute Gasteiger partial charge is 0.335 e. The summed E-state index contributed by atoms with van der Waals surface area (Å²) in [6.45, 7) is 0.746. The van der Waals surface area contributed by atoms with Gasteiger partial charge < -0.3 is 9.84 Å². The van der Waals surface area contributed by atoms with E-state index >= 15 is 0 Å². The summed E-state index contributed by atoms with van der Waals surface area (Å²) in [6.07, 6.45) is 6.14. The number of thiol groups is 1.